The molecule has 1 aliphatic carbocycles. The number of carbonyl (C=O) groups excluding carboxylic acids is 1. The van der Waals surface area contributed by atoms with E-state index in [1.165, 1.54) is 6.20 Å². The van der Waals surface area contributed by atoms with Crippen molar-refractivity contribution in [2.24, 2.45) is 0 Å². The van der Waals surface area contributed by atoms with Gasteiger partial charge in [-0.1, -0.05) is 0 Å². The number of nitrogen functional groups attached to an aromatic ring is 1. The Morgan fingerprint density at radius 3 is 2.94 bits per heavy atom. The summed E-state index contributed by atoms with van der Waals surface area (Å²) in [6, 6.07) is 2.97. The van der Waals surface area contributed by atoms with Gasteiger partial charge in [0.1, 0.15) is 18.1 Å². The summed E-state index contributed by atoms with van der Waals surface area (Å²) in [5.74, 6) is 0.298. The van der Waals surface area contributed by atoms with Gasteiger partial charge in [0.2, 0.25) is 5.88 Å². The first-order valence-corrected chi connectivity index (χ1v) is 11.3. The van der Waals surface area contributed by atoms with Gasteiger partial charge >= 0.3 is 6.03 Å². The molecule has 2 aliphatic rings. The van der Waals surface area contributed by atoms with E-state index in [1.54, 1.807) is 25.4 Å². The standard InChI is InChI=1S/C24H27FN6O3/c1-12-15(10-29-23-22(12)27-6-7-34-23)14-8-13-9-19(28-11-16(13)21(26)20(14)25)31-24(32)30-17-4-3-5-18(17)33-2/h8-11,17-18,27H,3-7,26H2,1-2H3,(H2,28,30,31,32)/t17-,18+/m1/s1. The number of amides is 2. The fourth-order valence-electron chi connectivity index (χ4n) is 4.75. The maximum absolute atomic E-state index is 15.3. The predicted octanol–water partition coefficient (Wildman–Crippen LogP) is 3.82. The van der Waals surface area contributed by atoms with Crippen LogP contribution in [0.15, 0.2) is 24.5 Å². The zero-order valence-electron chi connectivity index (χ0n) is 19.1. The van der Waals surface area contributed by atoms with Crippen LogP contribution in [0.3, 0.4) is 0 Å². The highest BCUT2D eigenvalue weighted by atomic mass is 19.1. The maximum Gasteiger partial charge on any atom is 0.320 e. The summed E-state index contributed by atoms with van der Waals surface area (Å²) in [6.07, 6.45) is 5.85. The molecule has 1 saturated carbocycles. The number of aromatic nitrogens is 2. The lowest BCUT2D eigenvalue weighted by Gasteiger charge is -2.22. The zero-order valence-corrected chi connectivity index (χ0v) is 19.1. The molecule has 3 aromatic rings. The van der Waals surface area contributed by atoms with E-state index in [2.05, 4.69) is 25.9 Å². The highest BCUT2D eigenvalue weighted by molar-refractivity contribution is 6.00. The first-order valence-electron chi connectivity index (χ1n) is 11.3. The van der Waals surface area contributed by atoms with E-state index < -0.39 is 5.82 Å². The molecule has 5 N–H and O–H groups in total. The van der Waals surface area contributed by atoms with Gasteiger partial charge in [-0.25, -0.2) is 19.2 Å². The van der Waals surface area contributed by atoms with Gasteiger partial charge in [-0.3, -0.25) is 5.32 Å². The van der Waals surface area contributed by atoms with Gasteiger partial charge in [0.15, 0.2) is 5.82 Å². The fraction of sp³-hybridized carbons (Fsp3) is 0.375. The van der Waals surface area contributed by atoms with Gasteiger partial charge in [-0.05, 0) is 49.3 Å². The van der Waals surface area contributed by atoms with Gasteiger partial charge in [0.05, 0.1) is 17.8 Å². The van der Waals surface area contributed by atoms with E-state index in [0.717, 1.165) is 30.5 Å². The molecule has 0 spiro atoms. The molecular formula is C24H27FN6O3. The molecule has 0 saturated heterocycles. The average molecular weight is 467 g/mol. The Balaban J connectivity index is 1.46. The second kappa shape index (κ2) is 8.94. The summed E-state index contributed by atoms with van der Waals surface area (Å²) < 4.78 is 26.3. The molecular weight excluding hydrogens is 439 g/mol. The van der Waals surface area contributed by atoms with Crippen molar-refractivity contribution in [1.29, 1.82) is 0 Å². The van der Waals surface area contributed by atoms with Gasteiger partial charge in [-0.15, -0.1) is 0 Å². The van der Waals surface area contributed by atoms with Gasteiger partial charge < -0.3 is 25.8 Å². The van der Waals surface area contributed by atoms with Crippen LogP contribution in [0.25, 0.3) is 21.9 Å². The number of rotatable bonds is 4. The number of nitrogens with zero attached hydrogens (tertiary/aromatic N) is 2. The number of carbonyl (C=O) groups is 1. The van der Waals surface area contributed by atoms with E-state index >= 15 is 4.39 Å². The molecule has 0 unspecified atom stereocenters. The van der Waals surface area contributed by atoms with Crippen LogP contribution in [0.4, 0.5) is 26.4 Å². The molecule has 2 aromatic heterocycles. The number of nitrogens with two attached hydrogens (primary N) is 1. The number of halogens is 1. The first-order chi connectivity index (χ1) is 16.5. The molecule has 10 heteroatoms. The van der Waals surface area contributed by atoms with Crippen molar-refractivity contribution < 1.29 is 18.7 Å². The van der Waals surface area contributed by atoms with Crippen molar-refractivity contribution in [3.8, 4) is 17.0 Å². The predicted molar refractivity (Wildman–Crippen MR) is 129 cm³/mol. The van der Waals surface area contributed by atoms with Crippen molar-refractivity contribution >= 4 is 34.0 Å². The van der Waals surface area contributed by atoms with Gasteiger partial charge in [0.25, 0.3) is 0 Å². The summed E-state index contributed by atoms with van der Waals surface area (Å²) in [5.41, 5.74) is 8.63. The van der Waals surface area contributed by atoms with E-state index in [0.29, 0.717) is 46.7 Å². The number of urea groups is 1. The molecule has 1 aliphatic heterocycles. The number of fused-ring (bicyclic) bond motifs is 2. The number of ether oxygens (including phenoxy) is 2. The van der Waals surface area contributed by atoms with Crippen LogP contribution in [0.1, 0.15) is 24.8 Å². The van der Waals surface area contributed by atoms with Crippen molar-refractivity contribution in [1.82, 2.24) is 15.3 Å². The van der Waals surface area contributed by atoms with Crippen LogP contribution in [0, 0.1) is 12.7 Å². The second-order valence-corrected chi connectivity index (χ2v) is 8.60. The highest BCUT2D eigenvalue weighted by Gasteiger charge is 2.28. The first kappa shape index (κ1) is 22.1. The number of anilines is 3. The summed E-state index contributed by atoms with van der Waals surface area (Å²) in [7, 11) is 1.65. The third-order valence-corrected chi connectivity index (χ3v) is 6.55. The summed E-state index contributed by atoms with van der Waals surface area (Å²) >= 11 is 0. The fourth-order valence-corrected chi connectivity index (χ4v) is 4.75. The van der Waals surface area contributed by atoms with E-state index in [9.17, 15) is 4.79 Å². The molecule has 178 valence electrons. The number of pyridine rings is 2. The molecule has 5 rings (SSSR count). The number of benzene rings is 1. The Kier molecular flexibility index (Phi) is 5.82. The Bertz CT molecular complexity index is 1270. The highest BCUT2D eigenvalue weighted by Crippen LogP contribution is 2.39. The lowest BCUT2D eigenvalue weighted by atomic mass is 9.97. The van der Waals surface area contributed by atoms with Crippen LogP contribution in [-0.2, 0) is 4.74 Å². The van der Waals surface area contributed by atoms with Crippen LogP contribution in [0.2, 0.25) is 0 Å². The largest absolute Gasteiger partial charge is 0.474 e. The molecule has 34 heavy (non-hydrogen) atoms. The average Bonchev–Trinajstić information content (AvgIpc) is 3.29. The molecule has 0 bridgehead atoms. The molecule has 1 aromatic carbocycles. The maximum atomic E-state index is 15.3. The zero-order chi connectivity index (χ0) is 23.8. The second-order valence-electron chi connectivity index (χ2n) is 8.60. The SMILES string of the molecule is CO[C@H]1CCC[C@H]1NC(=O)Nc1cc2cc(-c3cnc4c(c3C)NCCO4)c(F)c(N)c2cn1. The normalized spacial score (nSPS) is 19.3. The van der Waals surface area contributed by atoms with Gasteiger partial charge in [0, 0.05) is 42.6 Å². The molecule has 9 nitrogen and oxygen atoms in total. The minimum atomic E-state index is -0.541. The molecule has 2 amide bonds. The van der Waals surface area contributed by atoms with Crippen molar-refractivity contribution in [3.63, 3.8) is 0 Å². The summed E-state index contributed by atoms with van der Waals surface area (Å²) in [4.78, 5) is 21.1. The van der Waals surface area contributed by atoms with Crippen molar-refractivity contribution in [2.75, 3.05) is 36.6 Å². The minimum absolute atomic E-state index is 0.00813. The topological polar surface area (TPSA) is 123 Å². The Morgan fingerprint density at radius 1 is 1.26 bits per heavy atom. The molecule has 1 fully saturated rings. The van der Waals surface area contributed by atoms with Crippen LogP contribution in [-0.4, -0.2) is 48.4 Å². The lowest BCUT2D eigenvalue weighted by Crippen LogP contribution is -2.43. The molecule has 3 heterocycles. The molecule has 0 radical (unpaired) electrons. The van der Waals surface area contributed by atoms with Crippen LogP contribution >= 0.6 is 0 Å². The van der Waals surface area contributed by atoms with Gasteiger partial charge in [-0.2, -0.15) is 0 Å². The lowest BCUT2D eigenvalue weighted by molar-refractivity contribution is 0.0882. The van der Waals surface area contributed by atoms with Crippen molar-refractivity contribution in [3.05, 3.63) is 35.9 Å². The van der Waals surface area contributed by atoms with E-state index in [1.807, 2.05) is 6.92 Å². The third-order valence-electron chi connectivity index (χ3n) is 6.55. The van der Waals surface area contributed by atoms with Crippen LogP contribution < -0.4 is 26.4 Å². The number of hydrogen-bond acceptors (Lipinski definition) is 7. The minimum Gasteiger partial charge on any atom is -0.474 e. The smallest absolute Gasteiger partial charge is 0.320 e. The third kappa shape index (κ3) is 3.94. The van der Waals surface area contributed by atoms with E-state index in [4.69, 9.17) is 15.2 Å². The summed E-state index contributed by atoms with van der Waals surface area (Å²) in [5, 5.41) is 10.1. The van der Waals surface area contributed by atoms with Crippen molar-refractivity contribution in [2.45, 2.75) is 38.3 Å². The van der Waals surface area contributed by atoms with E-state index in [-0.39, 0.29) is 23.9 Å². The Hall–Kier alpha value is -3.66. The Morgan fingerprint density at radius 2 is 2.12 bits per heavy atom. The summed E-state index contributed by atoms with van der Waals surface area (Å²) in [6.45, 7) is 3.06. The van der Waals surface area contributed by atoms with Crippen LogP contribution in [0.5, 0.6) is 5.88 Å². The molecule has 2 atom stereocenters. The number of methoxy groups -OCH3 is 1. The Labute approximate surface area is 196 Å². The monoisotopic (exact) mass is 466 g/mol. The number of nitrogens with one attached hydrogen (secondary N) is 3. The number of hydrogen-bond donors (Lipinski definition) is 4. The quantitative estimate of drug-likeness (QED) is 0.431.